The Kier molecular flexibility index (Phi) is 4.30. The molecule has 0 bridgehead atoms. The first-order chi connectivity index (χ1) is 8.86. The Labute approximate surface area is 107 Å². The highest BCUT2D eigenvalue weighted by molar-refractivity contribution is 5.81. The predicted octanol–water partition coefficient (Wildman–Crippen LogP) is 2.54. The normalized spacial score (nSPS) is 12.2. The maximum Gasteiger partial charge on any atom is 0.0750 e. The lowest BCUT2D eigenvalue weighted by molar-refractivity contribution is 0.505. The molecule has 0 amide bonds. The molecule has 0 spiro atoms. The van der Waals surface area contributed by atoms with Crippen LogP contribution >= 0.6 is 0 Å². The Balaban J connectivity index is 2.30. The van der Waals surface area contributed by atoms with Crippen LogP contribution in [0.1, 0.15) is 30.9 Å². The fourth-order valence-electron chi connectivity index (χ4n) is 2.15. The van der Waals surface area contributed by atoms with E-state index in [0.29, 0.717) is 0 Å². The zero-order valence-electron chi connectivity index (χ0n) is 10.3. The van der Waals surface area contributed by atoms with Crippen LogP contribution in [0.2, 0.25) is 0 Å². The number of hydrogen-bond donors (Lipinski definition) is 2. The summed E-state index contributed by atoms with van der Waals surface area (Å²) in [7, 11) is 0. The molecule has 3 N–H and O–H groups in total. The summed E-state index contributed by atoms with van der Waals surface area (Å²) in [5, 5.41) is 1.13. The van der Waals surface area contributed by atoms with Gasteiger partial charge in [0.25, 0.3) is 0 Å². The Morgan fingerprint density at radius 1 is 1.33 bits per heavy atom. The van der Waals surface area contributed by atoms with E-state index in [1.807, 2.05) is 12.1 Å². The van der Waals surface area contributed by atoms with Gasteiger partial charge in [0, 0.05) is 24.0 Å². The van der Waals surface area contributed by atoms with Gasteiger partial charge in [-0.1, -0.05) is 24.3 Å². The highest BCUT2D eigenvalue weighted by Crippen LogP contribution is 2.25. The van der Waals surface area contributed by atoms with Crippen molar-refractivity contribution in [1.82, 2.24) is 10.4 Å². The van der Waals surface area contributed by atoms with Crippen molar-refractivity contribution in [2.75, 3.05) is 0 Å². The minimum absolute atomic E-state index is 0.0944. The smallest absolute Gasteiger partial charge is 0.0750 e. The molecule has 1 aromatic carbocycles. The molecule has 1 unspecified atom stereocenters. The second-order valence-corrected chi connectivity index (χ2v) is 4.24. The van der Waals surface area contributed by atoms with Crippen molar-refractivity contribution in [3.05, 3.63) is 42.1 Å². The zero-order chi connectivity index (χ0) is 12.8. The van der Waals surface area contributed by atoms with Gasteiger partial charge in [-0.25, -0.2) is 0 Å². The van der Waals surface area contributed by atoms with Gasteiger partial charge in [0.2, 0.25) is 0 Å². The number of fused-ring (bicyclic) bond motifs is 1. The van der Waals surface area contributed by atoms with Crippen LogP contribution in [0.15, 0.2) is 36.5 Å². The van der Waals surface area contributed by atoms with E-state index in [0.717, 1.165) is 35.7 Å². The summed E-state index contributed by atoms with van der Waals surface area (Å²) < 4.78 is 0. The molecule has 0 aliphatic carbocycles. The van der Waals surface area contributed by atoms with Crippen LogP contribution in [-0.4, -0.2) is 4.98 Å². The third-order valence-corrected chi connectivity index (χ3v) is 3.05. The molecular weight excluding hydrogens is 222 g/mol. The molecule has 1 aromatic heterocycles. The topological polar surface area (TPSA) is 50.9 Å². The van der Waals surface area contributed by atoms with Crippen molar-refractivity contribution in [2.24, 2.45) is 5.84 Å². The number of nitrogens with zero attached hydrogens (tertiary/aromatic N) is 1. The summed E-state index contributed by atoms with van der Waals surface area (Å²) in [4.78, 5) is 4.44. The van der Waals surface area contributed by atoms with E-state index in [1.54, 1.807) is 6.20 Å². The van der Waals surface area contributed by atoms with Crippen LogP contribution in [0.4, 0.5) is 0 Å². The van der Waals surface area contributed by atoms with E-state index in [9.17, 15) is 0 Å². The molecular formula is C15H17N3. The molecule has 0 saturated carbocycles. The lowest BCUT2D eigenvalue weighted by Gasteiger charge is -2.17. The highest BCUT2D eigenvalue weighted by atomic mass is 15.2. The van der Waals surface area contributed by atoms with Crippen molar-refractivity contribution in [3.8, 4) is 12.3 Å². The lowest BCUT2D eigenvalue weighted by atomic mass is 9.99. The summed E-state index contributed by atoms with van der Waals surface area (Å²) in [6.07, 6.45) is 9.72. The van der Waals surface area contributed by atoms with Crippen molar-refractivity contribution >= 4 is 10.9 Å². The molecule has 0 aliphatic heterocycles. The van der Waals surface area contributed by atoms with Gasteiger partial charge in [0.05, 0.1) is 5.52 Å². The van der Waals surface area contributed by atoms with E-state index in [2.05, 4.69) is 34.5 Å². The number of hydrazine groups is 1. The minimum atomic E-state index is 0.0944. The monoisotopic (exact) mass is 239 g/mol. The maximum absolute atomic E-state index is 5.65. The quantitative estimate of drug-likeness (QED) is 0.365. The number of unbranched alkanes of at least 4 members (excludes halogenated alkanes) is 1. The molecule has 0 fully saturated rings. The van der Waals surface area contributed by atoms with Crippen molar-refractivity contribution in [1.29, 1.82) is 0 Å². The number of benzene rings is 1. The fraction of sp³-hybridized carbons (Fsp3) is 0.267. The largest absolute Gasteiger partial charge is 0.271 e. The molecule has 1 heterocycles. The highest BCUT2D eigenvalue weighted by Gasteiger charge is 2.12. The van der Waals surface area contributed by atoms with Gasteiger partial charge in [-0.05, 0) is 24.5 Å². The van der Waals surface area contributed by atoms with Gasteiger partial charge in [-0.3, -0.25) is 16.3 Å². The number of hydrogen-bond acceptors (Lipinski definition) is 3. The SMILES string of the molecule is C#CCCCC(NN)c1cccc2cccnc12. The van der Waals surface area contributed by atoms with Crippen LogP contribution in [0.5, 0.6) is 0 Å². The zero-order valence-corrected chi connectivity index (χ0v) is 10.3. The number of nitrogens with two attached hydrogens (primary N) is 1. The molecule has 92 valence electrons. The van der Waals surface area contributed by atoms with Gasteiger partial charge in [-0.2, -0.15) is 0 Å². The van der Waals surface area contributed by atoms with Gasteiger partial charge in [-0.15, -0.1) is 12.3 Å². The molecule has 2 aromatic rings. The lowest BCUT2D eigenvalue weighted by Crippen LogP contribution is -2.28. The molecule has 2 rings (SSSR count). The van der Waals surface area contributed by atoms with E-state index in [4.69, 9.17) is 12.3 Å². The Morgan fingerprint density at radius 3 is 2.94 bits per heavy atom. The standard InChI is InChI=1S/C15H17N3/c1-2-3-4-10-14(18-16)13-9-5-7-12-8-6-11-17-15(12)13/h1,5-9,11,14,18H,3-4,10,16H2. The average Bonchev–Trinajstić information content (AvgIpc) is 2.43. The number of terminal acetylenes is 1. The van der Waals surface area contributed by atoms with E-state index < -0.39 is 0 Å². The molecule has 3 heteroatoms. The number of aromatic nitrogens is 1. The van der Waals surface area contributed by atoms with E-state index in [1.165, 1.54) is 0 Å². The third kappa shape index (κ3) is 2.67. The maximum atomic E-state index is 5.65. The Bertz CT molecular complexity index is 552. The molecule has 0 saturated heterocycles. The van der Waals surface area contributed by atoms with Gasteiger partial charge < -0.3 is 0 Å². The third-order valence-electron chi connectivity index (χ3n) is 3.05. The van der Waals surface area contributed by atoms with E-state index >= 15 is 0 Å². The van der Waals surface area contributed by atoms with Crippen LogP contribution in [0.25, 0.3) is 10.9 Å². The van der Waals surface area contributed by atoms with Crippen LogP contribution < -0.4 is 11.3 Å². The second-order valence-electron chi connectivity index (χ2n) is 4.24. The first-order valence-corrected chi connectivity index (χ1v) is 6.10. The van der Waals surface area contributed by atoms with Crippen LogP contribution in [0, 0.1) is 12.3 Å². The van der Waals surface area contributed by atoms with Gasteiger partial charge in [0.1, 0.15) is 0 Å². The van der Waals surface area contributed by atoms with Crippen molar-refractivity contribution in [3.63, 3.8) is 0 Å². The van der Waals surface area contributed by atoms with Gasteiger partial charge in [0.15, 0.2) is 0 Å². The second kappa shape index (κ2) is 6.15. The van der Waals surface area contributed by atoms with Crippen LogP contribution in [-0.2, 0) is 0 Å². The summed E-state index contributed by atoms with van der Waals surface area (Å²) in [6, 6.07) is 10.2. The summed E-state index contributed by atoms with van der Waals surface area (Å²) in [6.45, 7) is 0. The average molecular weight is 239 g/mol. The van der Waals surface area contributed by atoms with Crippen molar-refractivity contribution < 1.29 is 0 Å². The number of pyridine rings is 1. The van der Waals surface area contributed by atoms with Crippen molar-refractivity contribution in [2.45, 2.75) is 25.3 Å². The summed E-state index contributed by atoms with van der Waals surface area (Å²) in [5.41, 5.74) is 5.00. The predicted molar refractivity (Wildman–Crippen MR) is 74.5 cm³/mol. The molecule has 0 radical (unpaired) electrons. The minimum Gasteiger partial charge on any atom is -0.271 e. The molecule has 18 heavy (non-hydrogen) atoms. The number of rotatable bonds is 5. The Hall–Kier alpha value is -1.89. The summed E-state index contributed by atoms with van der Waals surface area (Å²) in [5.74, 6) is 8.30. The molecule has 1 atom stereocenters. The van der Waals surface area contributed by atoms with E-state index in [-0.39, 0.29) is 6.04 Å². The number of nitrogens with one attached hydrogen (secondary N) is 1. The summed E-state index contributed by atoms with van der Waals surface area (Å²) >= 11 is 0. The first kappa shape index (κ1) is 12.6. The van der Waals surface area contributed by atoms with Gasteiger partial charge >= 0.3 is 0 Å². The number of para-hydroxylation sites is 1. The molecule has 3 nitrogen and oxygen atoms in total. The fourth-order valence-corrected chi connectivity index (χ4v) is 2.15. The molecule has 0 aliphatic rings. The van der Waals surface area contributed by atoms with Crippen LogP contribution in [0.3, 0.4) is 0 Å². The first-order valence-electron chi connectivity index (χ1n) is 6.10. The Morgan fingerprint density at radius 2 is 2.17 bits per heavy atom.